The van der Waals surface area contributed by atoms with Gasteiger partial charge in [-0.2, -0.15) is 5.12 Å². The molecule has 4 N–H and O–H groups in total. The molecule has 0 spiro atoms. The quantitative estimate of drug-likeness (QED) is 0.512. The molecule has 0 saturated carbocycles. The zero-order valence-corrected chi connectivity index (χ0v) is 8.84. The zero-order chi connectivity index (χ0) is 11.4. The second-order valence-corrected chi connectivity index (χ2v) is 3.28. The van der Waals surface area contributed by atoms with Gasteiger partial charge in [0.25, 0.3) is 0 Å². The van der Waals surface area contributed by atoms with Crippen molar-refractivity contribution in [3.8, 4) is 0 Å². The van der Waals surface area contributed by atoms with Gasteiger partial charge in [0.05, 0.1) is 11.9 Å². The predicted octanol–water partition coefficient (Wildman–Crippen LogP) is -0.598. The summed E-state index contributed by atoms with van der Waals surface area (Å²) in [6.45, 7) is 1.84. The van der Waals surface area contributed by atoms with Crippen LogP contribution in [0.4, 0.5) is 5.69 Å². The number of amides is 1. The second-order valence-electron chi connectivity index (χ2n) is 3.28. The number of carbonyl (C=O) groups excluding carboxylic acids is 1. The standard InChI is InChI=1S/C9H15N5O/c1-7-3-4-8(5-12-7)13(2)9(15)6-14(10)11/h3-5H,6,10-11H2,1-2H3. The Morgan fingerprint density at radius 3 is 2.60 bits per heavy atom. The van der Waals surface area contributed by atoms with Gasteiger partial charge >= 0.3 is 0 Å². The first-order valence-corrected chi connectivity index (χ1v) is 4.47. The normalized spacial score (nSPS) is 10.5. The molecule has 0 fully saturated rings. The lowest BCUT2D eigenvalue weighted by molar-refractivity contribution is -0.119. The lowest BCUT2D eigenvalue weighted by atomic mass is 10.3. The molecule has 0 saturated heterocycles. The van der Waals surface area contributed by atoms with Gasteiger partial charge in [-0.1, -0.05) is 0 Å². The summed E-state index contributed by atoms with van der Waals surface area (Å²) < 4.78 is 0. The maximum atomic E-state index is 11.5. The number of nitrogens with zero attached hydrogens (tertiary/aromatic N) is 3. The molecule has 82 valence electrons. The number of hydrogen-bond donors (Lipinski definition) is 2. The maximum Gasteiger partial charge on any atom is 0.243 e. The third kappa shape index (κ3) is 3.28. The monoisotopic (exact) mass is 209 g/mol. The predicted molar refractivity (Wildman–Crippen MR) is 57.5 cm³/mol. The Kier molecular flexibility index (Phi) is 3.73. The van der Waals surface area contributed by atoms with Gasteiger partial charge in [-0.05, 0) is 19.1 Å². The first kappa shape index (κ1) is 11.6. The summed E-state index contributed by atoms with van der Waals surface area (Å²) in [5.74, 6) is 10.2. The number of carbonyl (C=O) groups is 1. The largest absolute Gasteiger partial charge is 0.313 e. The Bertz CT molecular complexity index is 335. The van der Waals surface area contributed by atoms with Crippen LogP contribution in [0.5, 0.6) is 0 Å². The average molecular weight is 209 g/mol. The van der Waals surface area contributed by atoms with E-state index in [0.717, 1.165) is 10.8 Å². The number of rotatable bonds is 3. The van der Waals surface area contributed by atoms with Crippen molar-refractivity contribution in [1.82, 2.24) is 10.1 Å². The van der Waals surface area contributed by atoms with Gasteiger partial charge in [-0.3, -0.25) is 21.5 Å². The van der Waals surface area contributed by atoms with Gasteiger partial charge in [-0.25, -0.2) is 0 Å². The van der Waals surface area contributed by atoms with Gasteiger partial charge in [0.1, 0.15) is 6.54 Å². The molecule has 6 heteroatoms. The van der Waals surface area contributed by atoms with Crippen LogP contribution in [-0.2, 0) is 4.79 Å². The van der Waals surface area contributed by atoms with E-state index in [9.17, 15) is 4.79 Å². The highest BCUT2D eigenvalue weighted by atomic mass is 16.2. The van der Waals surface area contributed by atoms with Crippen molar-refractivity contribution in [3.63, 3.8) is 0 Å². The molecule has 1 aromatic heterocycles. The van der Waals surface area contributed by atoms with Crippen LogP contribution in [0.25, 0.3) is 0 Å². The molecule has 0 bridgehead atoms. The van der Waals surface area contributed by atoms with E-state index < -0.39 is 0 Å². The number of aryl methyl sites for hydroxylation is 1. The van der Waals surface area contributed by atoms with Gasteiger partial charge < -0.3 is 4.90 Å². The number of pyridine rings is 1. The third-order valence-electron chi connectivity index (χ3n) is 1.97. The number of nitrogens with two attached hydrogens (primary N) is 2. The summed E-state index contributed by atoms with van der Waals surface area (Å²) in [4.78, 5) is 17.1. The van der Waals surface area contributed by atoms with Gasteiger partial charge in [0.15, 0.2) is 0 Å². The van der Waals surface area contributed by atoms with Crippen molar-refractivity contribution < 1.29 is 4.79 Å². The Balaban J connectivity index is 2.71. The van der Waals surface area contributed by atoms with Crippen LogP contribution >= 0.6 is 0 Å². The molecule has 0 aliphatic rings. The van der Waals surface area contributed by atoms with E-state index in [1.165, 1.54) is 4.90 Å². The van der Waals surface area contributed by atoms with E-state index in [4.69, 9.17) is 11.7 Å². The number of likely N-dealkylation sites (N-methyl/N-ethyl adjacent to an activating group) is 1. The van der Waals surface area contributed by atoms with Crippen LogP contribution in [0.1, 0.15) is 5.69 Å². The average Bonchev–Trinajstić information content (AvgIpc) is 2.17. The van der Waals surface area contributed by atoms with Gasteiger partial charge in [0.2, 0.25) is 5.91 Å². The molecule has 0 aliphatic carbocycles. The Hall–Kier alpha value is -1.50. The minimum Gasteiger partial charge on any atom is -0.313 e. The molecule has 15 heavy (non-hydrogen) atoms. The van der Waals surface area contributed by atoms with Crippen molar-refractivity contribution in [3.05, 3.63) is 24.0 Å². The molecule has 0 unspecified atom stereocenters. The molecule has 6 nitrogen and oxygen atoms in total. The highest BCUT2D eigenvalue weighted by Crippen LogP contribution is 2.10. The Labute approximate surface area is 88.4 Å². The summed E-state index contributed by atoms with van der Waals surface area (Å²) >= 11 is 0. The van der Waals surface area contributed by atoms with Crippen molar-refractivity contribution in [2.75, 3.05) is 18.5 Å². The summed E-state index contributed by atoms with van der Waals surface area (Å²) in [5, 5.41) is 0.848. The smallest absolute Gasteiger partial charge is 0.243 e. The SMILES string of the molecule is Cc1ccc(N(C)C(=O)CN(N)N)cn1. The summed E-state index contributed by atoms with van der Waals surface area (Å²) in [7, 11) is 1.65. The summed E-state index contributed by atoms with van der Waals surface area (Å²) in [5.41, 5.74) is 1.62. The second kappa shape index (κ2) is 4.83. The van der Waals surface area contributed by atoms with Crippen molar-refractivity contribution >= 4 is 11.6 Å². The fourth-order valence-electron chi connectivity index (χ4n) is 1.06. The molecule has 0 aromatic carbocycles. The molecule has 0 atom stereocenters. The van der Waals surface area contributed by atoms with Crippen molar-refractivity contribution in [1.29, 1.82) is 0 Å². The Morgan fingerprint density at radius 2 is 2.13 bits per heavy atom. The molecule has 1 aromatic rings. The van der Waals surface area contributed by atoms with E-state index >= 15 is 0 Å². The fraction of sp³-hybridized carbons (Fsp3) is 0.333. The summed E-state index contributed by atoms with van der Waals surface area (Å²) in [6, 6.07) is 3.65. The molecule has 1 rings (SSSR count). The summed E-state index contributed by atoms with van der Waals surface area (Å²) in [6.07, 6.45) is 1.63. The van der Waals surface area contributed by atoms with Crippen LogP contribution < -0.4 is 16.6 Å². The lowest BCUT2D eigenvalue weighted by Gasteiger charge is -2.18. The lowest BCUT2D eigenvalue weighted by Crippen LogP contribution is -2.46. The first-order valence-electron chi connectivity index (χ1n) is 4.47. The van der Waals surface area contributed by atoms with Crippen molar-refractivity contribution in [2.24, 2.45) is 11.7 Å². The van der Waals surface area contributed by atoms with Crippen LogP contribution in [0, 0.1) is 6.92 Å². The van der Waals surface area contributed by atoms with Crippen LogP contribution in [0.3, 0.4) is 0 Å². The fourth-order valence-corrected chi connectivity index (χ4v) is 1.06. The van der Waals surface area contributed by atoms with E-state index in [-0.39, 0.29) is 12.5 Å². The van der Waals surface area contributed by atoms with E-state index in [1.807, 2.05) is 19.1 Å². The number of aromatic nitrogens is 1. The maximum absolute atomic E-state index is 11.5. The molecule has 0 aliphatic heterocycles. The zero-order valence-electron chi connectivity index (χ0n) is 8.84. The number of anilines is 1. The third-order valence-corrected chi connectivity index (χ3v) is 1.97. The Morgan fingerprint density at radius 1 is 1.47 bits per heavy atom. The van der Waals surface area contributed by atoms with E-state index in [1.54, 1.807) is 13.2 Å². The van der Waals surface area contributed by atoms with E-state index in [2.05, 4.69) is 4.98 Å². The van der Waals surface area contributed by atoms with Crippen LogP contribution in [0.2, 0.25) is 0 Å². The number of hydrogen-bond acceptors (Lipinski definition) is 5. The molecular weight excluding hydrogens is 194 g/mol. The van der Waals surface area contributed by atoms with Crippen LogP contribution in [-0.4, -0.2) is 29.6 Å². The van der Waals surface area contributed by atoms with Gasteiger partial charge in [0, 0.05) is 12.7 Å². The molecule has 1 amide bonds. The first-order chi connectivity index (χ1) is 7.00. The number of hydrazine groups is 2. The molecular formula is C9H15N5O. The van der Waals surface area contributed by atoms with Gasteiger partial charge in [-0.15, -0.1) is 0 Å². The highest BCUT2D eigenvalue weighted by Gasteiger charge is 2.12. The highest BCUT2D eigenvalue weighted by molar-refractivity contribution is 5.93. The molecule has 0 radical (unpaired) electrons. The minimum atomic E-state index is -0.189. The van der Waals surface area contributed by atoms with Crippen molar-refractivity contribution in [2.45, 2.75) is 6.92 Å². The topological polar surface area (TPSA) is 88.5 Å². The molecule has 1 heterocycles. The van der Waals surface area contributed by atoms with E-state index in [0.29, 0.717) is 5.69 Å². The minimum absolute atomic E-state index is 0.0373. The van der Waals surface area contributed by atoms with Crippen LogP contribution in [0.15, 0.2) is 18.3 Å².